The summed E-state index contributed by atoms with van der Waals surface area (Å²) >= 11 is 1.56. The maximum Gasteiger partial charge on any atom is 0.205 e. The van der Waals surface area contributed by atoms with Crippen molar-refractivity contribution in [2.24, 2.45) is 0 Å². The van der Waals surface area contributed by atoms with Gasteiger partial charge in [-0.25, -0.2) is 0 Å². The Morgan fingerprint density at radius 1 is 1.00 bits per heavy atom. The van der Waals surface area contributed by atoms with Gasteiger partial charge in [-0.1, -0.05) is 41.7 Å². The van der Waals surface area contributed by atoms with Crippen LogP contribution in [0.4, 0.5) is 5.13 Å². The summed E-state index contributed by atoms with van der Waals surface area (Å²) in [4.78, 5) is 3.34. The third-order valence-electron chi connectivity index (χ3n) is 3.65. The number of fused-ring (bicyclic) bond motifs is 1. The number of H-pyrrole nitrogens is 1. The zero-order valence-corrected chi connectivity index (χ0v) is 12.8. The second-order valence-corrected chi connectivity index (χ2v) is 5.97. The van der Waals surface area contributed by atoms with E-state index in [0.717, 1.165) is 21.2 Å². The first-order chi connectivity index (χ1) is 10.8. The second kappa shape index (κ2) is 5.27. The fraction of sp³-hybridized carbons (Fsp3) is 0.0588. The Kier molecular flexibility index (Phi) is 3.12. The number of hydrogen-bond donors (Lipinski definition) is 2. The highest BCUT2D eigenvalue weighted by Gasteiger charge is 2.10. The molecule has 0 radical (unpaired) electrons. The lowest BCUT2D eigenvalue weighted by atomic mass is 10.0. The summed E-state index contributed by atoms with van der Waals surface area (Å²) in [5, 5.41) is 14.3. The van der Waals surface area contributed by atoms with Gasteiger partial charge in [-0.15, -0.1) is 10.2 Å². The van der Waals surface area contributed by atoms with Crippen LogP contribution in [0.5, 0.6) is 0 Å². The molecular weight excluding hydrogens is 292 g/mol. The average Bonchev–Trinajstić information content (AvgIpc) is 3.22. The monoisotopic (exact) mass is 306 g/mol. The maximum atomic E-state index is 4.25. The molecule has 0 aliphatic rings. The molecule has 4 rings (SSSR count). The van der Waals surface area contributed by atoms with E-state index in [0.29, 0.717) is 0 Å². The number of anilines is 1. The number of aromatic amines is 1. The molecule has 0 saturated carbocycles. The lowest BCUT2D eigenvalue weighted by Crippen LogP contribution is -1.84. The quantitative estimate of drug-likeness (QED) is 0.590. The van der Waals surface area contributed by atoms with Crippen LogP contribution in [0.25, 0.3) is 32.6 Å². The topological polar surface area (TPSA) is 53.6 Å². The van der Waals surface area contributed by atoms with E-state index in [1.54, 1.807) is 11.3 Å². The summed E-state index contributed by atoms with van der Waals surface area (Å²) in [5.74, 6) is 0. The average molecular weight is 306 g/mol. The number of nitrogens with zero attached hydrogens (tertiary/aromatic N) is 2. The van der Waals surface area contributed by atoms with E-state index < -0.39 is 0 Å². The van der Waals surface area contributed by atoms with Crippen LogP contribution in [0.3, 0.4) is 0 Å². The van der Waals surface area contributed by atoms with Gasteiger partial charge in [0.15, 0.2) is 0 Å². The summed E-state index contributed by atoms with van der Waals surface area (Å²) in [6.07, 6.45) is 2.06. The Morgan fingerprint density at radius 3 is 2.64 bits per heavy atom. The summed E-state index contributed by atoms with van der Waals surface area (Å²) in [6, 6.07) is 16.7. The van der Waals surface area contributed by atoms with Gasteiger partial charge in [0, 0.05) is 35.3 Å². The van der Waals surface area contributed by atoms with Crippen molar-refractivity contribution < 1.29 is 0 Å². The van der Waals surface area contributed by atoms with E-state index >= 15 is 0 Å². The molecule has 22 heavy (non-hydrogen) atoms. The van der Waals surface area contributed by atoms with Crippen molar-refractivity contribution in [1.29, 1.82) is 0 Å². The van der Waals surface area contributed by atoms with E-state index in [9.17, 15) is 0 Å². The first kappa shape index (κ1) is 13.0. The van der Waals surface area contributed by atoms with Gasteiger partial charge in [-0.3, -0.25) is 0 Å². The first-order valence-electron chi connectivity index (χ1n) is 7.03. The van der Waals surface area contributed by atoms with E-state index in [2.05, 4.69) is 69.2 Å². The SMILES string of the molecule is CNc1nnc(-c2ccc3[nH]cc(-c4ccccc4)c3c2)s1. The largest absolute Gasteiger partial charge is 0.363 e. The molecule has 4 nitrogen and oxygen atoms in total. The minimum atomic E-state index is 0.826. The van der Waals surface area contributed by atoms with Crippen molar-refractivity contribution in [3.05, 3.63) is 54.7 Å². The van der Waals surface area contributed by atoms with Gasteiger partial charge < -0.3 is 10.3 Å². The highest BCUT2D eigenvalue weighted by Crippen LogP contribution is 2.33. The highest BCUT2D eigenvalue weighted by molar-refractivity contribution is 7.18. The lowest BCUT2D eigenvalue weighted by Gasteiger charge is -2.01. The highest BCUT2D eigenvalue weighted by atomic mass is 32.1. The molecule has 0 bridgehead atoms. The molecule has 2 N–H and O–H groups in total. The number of hydrogen-bond acceptors (Lipinski definition) is 4. The van der Waals surface area contributed by atoms with E-state index in [4.69, 9.17) is 0 Å². The summed E-state index contributed by atoms with van der Waals surface area (Å²) in [7, 11) is 1.85. The van der Waals surface area contributed by atoms with Crippen LogP contribution < -0.4 is 5.32 Å². The zero-order chi connectivity index (χ0) is 14.9. The standard InChI is InChI=1S/C17H14N4S/c1-18-17-21-20-16(22-17)12-7-8-15-13(9-12)14(10-19-15)11-5-3-2-4-6-11/h2-10,19H,1H3,(H,18,21). The zero-order valence-electron chi connectivity index (χ0n) is 12.0. The van der Waals surface area contributed by atoms with Crippen LogP contribution in [-0.2, 0) is 0 Å². The minimum absolute atomic E-state index is 0.826. The Bertz CT molecular complexity index is 924. The first-order valence-corrected chi connectivity index (χ1v) is 7.85. The van der Waals surface area contributed by atoms with Crippen molar-refractivity contribution in [2.45, 2.75) is 0 Å². The van der Waals surface area contributed by atoms with Crippen LogP contribution in [0.1, 0.15) is 0 Å². The van der Waals surface area contributed by atoms with Crippen LogP contribution in [0, 0.1) is 0 Å². The molecule has 0 fully saturated rings. The van der Waals surface area contributed by atoms with Crippen molar-refractivity contribution >= 4 is 27.4 Å². The molecule has 0 atom stereocenters. The van der Waals surface area contributed by atoms with Crippen molar-refractivity contribution in [2.75, 3.05) is 12.4 Å². The molecule has 2 aromatic heterocycles. The molecule has 0 aliphatic heterocycles. The van der Waals surface area contributed by atoms with Crippen LogP contribution in [0.15, 0.2) is 54.7 Å². The molecule has 5 heteroatoms. The molecule has 0 unspecified atom stereocenters. The lowest BCUT2D eigenvalue weighted by molar-refractivity contribution is 1.09. The summed E-state index contributed by atoms with van der Waals surface area (Å²) in [6.45, 7) is 0. The minimum Gasteiger partial charge on any atom is -0.363 e. The third-order valence-corrected chi connectivity index (χ3v) is 4.64. The molecule has 2 heterocycles. The Morgan fingerprint density at radius 2 is 1.86 bits per heavy atom. The van der Waals surface area contributed by atoms with Gasteiger partial charge in [-0.2, -0.15) is 0 Å². The molecule has 0 amide bonds. The number of benzene rings is 2. The summed E-state index contributed by atoms with van der Waals surface area (Å²) in [5.41, 5.74) is 4.62. The Balaban J connectivity index is 1.86. The van der Waals surface area contributed by atoms with Crippen molar-refractivity contribution in [1.82, 2.24) is 15.2 Å². The molecule has 0 spiro atoms. The number of aromatic nitrogens is 3. The Labute approximate surface area is 131 Å². The van der Waals surface area contributed by atoms with Crippen LogP contribution in [0.2, 0.25) is 0 Å². The molecule has 108 valence electrons. The van der Waals surface area contributed by atoms with Gasteiger partial charge in [-0.05, 0) is 23.8 Å². The fourth-order valence-electron chi connectivity index (χ4n) is 2.55. The second-order valence-electron chi connectivity index (χ2n) is 4.99. The predicted molar refractivity (Wildman–Crippen MR) is 92.2 cm³/mol. The number of rotatable bonds is 3. The van der Waals surface area contributed by atoms with E-state index in [1.165, 1.54) is 16.5 Å². The van der Waals surface area contributed by atoms with Crippen LogP contribution >= 0.6 is 11.3 Å². The fourth-order valence-corrected chi connectivity index (χ4v) is 3.24. The molecule has 4 aromatic rings. The van der Waals surface area contributed by atoms with Gasteiger partial charge in [0.05, 0.1) is 0 Å². The molecule has 0 saturated heterocycles. The van der Waals surface area contributed by atoms with Crippen LogP contribution in [-0.4, -0.2) is 22.2 Å². The summed E-state index contributed by atoms with van der Waals surface area (Å²) < 4.78 is 0. The maximum absolute atomic E-state index is 4.25. The van der Waals surface area contributed by atoms with Crippen molar-refractivity contribution in [3.63, 3.8) is 0 Å². The molecule has 0 aliphatic carbocycles. The van der Waals surface area contributed by atoms with Gasteiger partial charge in [0.25, 0.3) is 0 Å². The normalized spacial score (nSPS) is 11.0. The third kappa shape index (κ3) is 2.16. The van der Waals surface area contributed by atoms with E-state index in [-0.39, 0.29) is 0 Å². The Hall–Kier alpha value is -2.66. The van der Waals surface area contributed by atoms with Gasteiger partial charge in [0.2, 0.25) is 5.13 Å². The van der Waals surface area contributed by atoms with E-state index in [1.807, 2.05) is 13.1 Å². The smallest absolute Gasteiger partial charge is 0.205 e. The molecular formula is C17H14N4S. The van der Waals surface area contributed by atoms with Crippen molar-refractivity contribution in [3.8, 4) is 21.7 Å². The predicted octanol–water partition coefficient (Wildman–Crippen LogP) is 4.40. The van der Waals surface area contributed by atoms with Gasteiger partial charge >= 0.3 is 0 Å². The molecule has 2 aromatic carbocycles. The number of nitrogens with one attached hydrogen (secondary N) is 2. The van der Waals surface area contributed by atoms with Gasteiger partial charge in [0.1, 0.15) is 5.01 Å².